The van der Waals surface area contributed by atoms with Gasteiger partial charge in [0.05, 0.1) is 5.52 Å². The average molecular weight is 582 g/mol. The van der Waals surface area contributed by atoms with Crippen LogP contribution in [0.25, 0.3) is 23.1 Å². The molecule has 0 bridgehead atoms. The van der Waals surface area contributed by atoms with Crippen LogP contribution in [-0.2, 0) is 16.0 Å². The fourth-order valence-corrected chi connectivity index (χ4v) is 5.27. The lowest BCUT2D eigenvalue weighted by molar-refractivity contribution is -0.140. The Bertz CT molecular complexity index is 1620. The monoisotopic (exact) mass is 581 g/mol. The van der Waals surface area contributed by atoms with E-state index in [0.717, 1.165) is 50.2 Å². The van der Waals surface area contributed by atoms with Crippen molar-refractivity contribution in [2.75, 3.05) is 13.2 Å². The van der Waals surface area contributed by atoms with Gasteiger partial charge in [-0.05, 0) is 92.6 Å². The number of aromatic nitrogens is 1. The van der Waals surface area contributed by atoms with Crippen LogP contribution < -0.4 is 9.47 Å². The van der Waals surface area contributed by atoms with E-state index in [-0.39, 0.29) is 6.42 Å². The minimum absolute atomic E-state index is 0.0681. The van der Waals surface area contributed by atoms with Crippen molar-refractivity contribution in [1.29, 1.82) is 0 Å². The highest BCUT2D eigenvalue weighted by Crippen LogP contribution is 2.30. The van der Waals surface area contributed by atoms with Crippen LogP contribution in [-0.4, -0.2) is 39.9 Å². The number of ether oxygens (including phenoxy) is 2. The molecule has 0 amide bonds. The second-order valence-corrected chi connectivity index (χ2v) is 10.8. The zero-order valence-electron chi connectivity index (χ0n) is 25.2. The lowest BCUT2D eigenvalue weighted by atomic mass is 10.0. The van der Waals surface area contributed by atoms with Gasteiger partial charge < -0.3 is 24.3 Å². The molecule has 1 atom stereocenters. The summed E-state index contributed by atoms with van der Waals surface area (Å²) in [5.74, 6) is -0.0861. The molecule has 4 rings (SSSR count). The number of para-hydroxylation sites is 1. The zero-order chi connectivity index (χ0) is 30.9. The summed E-state index contributed by atoms with van der Waals surface area (Å²) in [6.45, 7) is 8.75. The topological polar surface area (TPSA) is 98.0 Å². The number of hydrogen-bond donors (Lipinski definition) is 2. The van der Waals surface area contributed by atoms with Crippen molar-refractivity contribution in [3.05, 3.63) is 106 Å². The lowest BCUT2D eigenvalue weighted by Crippen LogP contribution is -2.14. The van der Waals surface area contributed by atoms with Gasteiger partial charge in [-0.25, -0.2) is 4.79 Å². The Morgan fingerprint density at radius 3 is 2.23 bits per heavy atom. The minimum atomic E-state index is -0.929. The van der Waals surface area contributed by atoms with Gasteiger partial charge in [0.25, 0.3) is 0 Å². The Morgan fingerprint density at radius 2 is 1.58 bits per heavy atom. The number of carboxylic acid groups (broad SMARTS) is 2. The number of carbonyl (C=O) groups is 2. The molecule has 224 valence electrons. The van der Waals surface area contributed by atoms with E-state index >= 15 is 0 Å². The first kappa shape index (κ1) is 31.2. The zero-order valence-corrected chi connectivity index (χ0v) is 25.2. The summed E-state index contributed by atoms with van der Waals surface area (Å²) >= 11 is 0. The fourth-order valence-electron chi connectivity index (χ4n) is 5.27. The van der Waals surface area contributed by atoms with Crippen molar-refractivity contribution in [3.63, 3.8) is 0 Å². The second-order valence-electron chi connectivity index (χ2n) is 10.8. The maximum absolute atomic E-state index is 11.9. The minimum Gasteiger partial charge on any atom is -0.490 e. The molecule has 1 unspecified atom stereocenters. The number of hydrogen-bond acceptors (Lipinski definition) is 4. The average Bonchev–Trinajstić information content (AvgIpc) is 3.33. The predicted octanol–water partition coefficient (Wildman–Crippen LogP) is 7.80. The van der Waals surface area contributed by atoms with Gasteiger partial charge in [0, 0.05) is 18.0 Å². The highest BCUT2D eigenvalue weighted by atomic mass is 16.5. The molecule has 0 aliphatic rings. The molecular formula is C36H39NO6. The molecule has 1 heterocycles. The van der Waals surface area contributed by atoms with Crippen molar-refractivity contribution in [2.24, 2.45) is 0 Å². The van der Waals surface area contributed by atoms with E-state index in [1.807, 2.05) is 73.0 Å². The van der Waals surface area contributed by atoms with Gasteiger partial charge in [0.1, 0.15) is 30.8 Å². The van der Waals surface area contributed by atoms with Gasteiger partial charge in [-0.3, -0.25) is 4.79 Å². The number of aryl methyl sites for hydroxylation is 4. The molecule has 1 aromatic heterocycles. The van der Waals surface area contributed by atoms with Crippen LogP contribution in [0, 0.1) is 20.8 Å². The molecule has 7 heteroatoms. The lowest BCUT2D eigenvalue weighted by Gasteiger charge is -2.12. The Hall–Kier alpha value is -4.78. The number of carboxylic acids is 2. The van der Waals surface area contributed by atoms with Crippen LogP contribution in [0.1, 0.15) is 59.2 Å². The maximum atomic E-state index is 11.9. The van der Waals surface area contributed by atoms with Crippen LogP contribution in [0.15, 0.2) is 72.9 Å². The highest BCUT2D eigenvalue weighted by Gasteiger charge is 2.19. The Kier molecular flexibility index (Phi) is 10.4. The van der Waals surface area contributed by atoms with Gasteiger partial charge in [-0.15, -0.1) is 0 Å². The largest absolute Gasteiger partial charge is 0.490 e. The normalized spacial score (nSPS) is 12.3. The molecule has 0 fully saturated rings. The summed E-state index contributed by atoms with van der Waals surface area (Å²) in [6.07, 6.45) is 10.8. The molecule has 0 radical (unpaired) electrons. The molecule has 0 aliphatic carbocycles. The smallest absolute Gasteiger partial charge is 0.326 e. The van der Waals surface area contributed by atoms with E-state index in [1.54, 1.807) is 11.5 Å². The summed E-state index contributed by atoms with van der Waals surface area (Å²) < 4.78 is 13.6. The van der Waals surface area contributed by atoms with Crippen molar-refractivity contribution in [2.45, 2.75) is 53.0 Å². The summed E-state index contributed by atoms with van der Waals surface area (Å²) in [4.78, 5) is 22.9. The van der Waals surface area contributed by atoms with Gasteiger partial charge >= 0.3 is 11.9 Å². The molecule has 3 aromatic carbocycles. The molecule has 4 aromatic rings. The van der Waals surface area contributed by atoms with Gasteiger partial charge in [-0.1, -0.05) is 60.2 Å². The van der Waals surface area contributed by atoms with E-state index in [1.165, 1.54) is 5.56 Å². The van der Waals surface area contributed by atoms with Crippen molar-refractivity contribution in [1.82, 2.24) is 4.57 Å². The SMILES string of the molecule is Cc1cc(C)c(OC/C=C/COc2ccc(C=Cc3cccc4c(CCCC(=O)O)cn(C(C)C(=O)O)c34)cc2)c(C)c1. The third-order valence-corrected chi connectivity index (χ3v) is 7.35. The van der Waals surface area contributed by atoms with Gasteiger partial charge in [-0.2, -0.15) is 0 Å². The van der Waals surface area contributed by atoms with E-state index < -0.39 is 18.0 Å². The third kappa shape index (κ3) is 8.16. The van der Waals surface area contributed by atoms with E-state index in [0.29, 0.717) is 26.1 Å². The van der Waals surface area contributed by atoms with Crippen LogP contribution in [0.4, 0.5) is 0 Å². The van der Waals surface area contributed by atoms with E-state index in [4.69, 9.17) is 14.6 Å². The number of rotatable bonds is 14. The summed E-state index contributed by atoms with van der Waals surface area (Å²) in [5.41, 5.74) is 7.13. The molecule has 0 saturated heterocycles. The number of nitrogens with zero attached hydrogens (tertiary/aromatic N) is 1. The first-order valence-electron chi connectivity index (χ1n) is 14.5. The number of benzene rings is 3. The Labute approximate surface area is 252 Å². The Morgan fingerprint density at radius 1 is 0.907 bits per heavy atom. The first-order chi connectivity index (χ1) is 20.6. The van der Waals surface area contributed by atoms with Crippen LogP contribution >= 0.6 is 0 Å². The maximum Gasteiger partial charge on any atom is 0.326 e. The van der Waals surface area contributed by atoms with Crippen LogP contribution in [0.3, 0.4) is 0 Å². The Balaban J connectivity index is 1.40. The standard InChI is InChI=1S/C36H39NO6/c1-24-21-25(2)35(26(3)22-24)43-20-6-5-19-42-31-17-14-28(15-18-31)13-16-29-9-7-11-32-30(10-8-12-33(38)39)23-37(34(29)32)27(4)36(40)41/h5-7,9,11,13-18,21-23,27H,8,10,12,19-20H2,1-4H3,(H,38,39)(H,40,41)/b6-5+,16-13?. The summed E-state index contributed by atoms with van der Waals surface area (Å²) in [7, 11) is 0. The quantitative estimate of drug-likeness (QED) is 0.116. The fraction of sp³-hybridized carbons (Fsp3) is 0.278. The van der Waals surface area contributed by atoms with Crippen LogP contribution in [0.5, 0.6) is 11.5 Å². The molecule has 0 spiro atoms. The molecule has 0 saturated carbocycles. The van der Waals surface area contributed by atoms with Crippen molar-refractivity contribution in [3.8, 4) is 11.5 Å². The number of aliphatic carboxylic acids is 2. The predicted molar refractivity (Wildman–Crippen MR) is 171 cm³/mol. The molecule has 43 heavy (non-hydrogen) atoms. The molecular weight excluding hydrogens is 542 g/mol. The van der Waals surface area contributed by atoms with Crippen molar-refractivity contribution < 1.29 is 29.3 Å². The molecule has 0 aliphatic heterocycles. The summed E-state index contributed by atoms with van der Waals surface area (Å²) in [5, 5.41) is 19.7. The van der Waals surface area contributed by atoms with E-state index in [9.17, 15) is 14.7 Å². The first-order valence-corrected chi connectivity index (χ1v) is 14.5. The molecule has 7 nitrogen and oxygen atoms in total. The second kappa shape index (κ2) is 14.4. The van der Waals surface area contributed by atoms with Gasteiger partial charge in [0.2, 0.25) is 0 Å². The van der Waals surface area contributed by atoms with E-state index in [2.05, 4.69) is 32.9 Å². The third-order valence-electron chi connectivity index (χ3n) is 7.35. The van der Waals surface area contributed by atoms with Crippen molar-refractivity contribution >= 4 is 35.0 Å². The highest BCUT2D eigenvalue weighted by molar-refractivity contribution is 5.94. The van der Waals surface area contributed by atoms with Crippen LogP contribution in [0.2, 0.25) is 0 Å². The number of fused-ring (bicyclic) bond motifs is 1. The summed E-state index contributed by atoms with van der Waals surface area (Å²) in [6, 6.07) is 17.1. The molecule has 2 N–H and O–H groups in total. The van der Waals surface area contributed by atoms with Gasteiger partial charge in [0.15, 0.2) is 0 Å².